The van der Waals surface area contributed by atoms with Gasteiger partial charge in [-0.2, -0.15) is 0 Å². The molecule has 1 aromatic heterocycles. The van der Waals surface area contributed by atoms with E-state index in [4.69, 9.17) is 4.74 Å². The Morgan fingerprint density at radius 1 is 1.24 bits per heavy atom. The summed E-state index contributed by atoms with van der Waals surface area (Å²) in [7, 11) is 1.59. The van der Waals surface area contributed by atoms with Gasteiger partial charge in [-0.1, -0.05) is 12.1 Å². The van der Waals surface area contributed by atoms with Crippen LogP contribution in [0.25, 0.3) is 5.69 Å². The number of hydrogen-bond acceptors (Lipinski definition) is 3. The van der Waals surface area contributed by atoms with Gasteiger partial charge in [0.25, 0.3) is 5.91 Å². The molecule has 0 fully saturated rings. The number of rotatable bonds is 5. The summed E-state index contributed by atoms with van der Waals surface area (Å²) in [6, 6.07) is 13.2. The number of halogens is 1. The molecule has 2 aromatic carbocycles. The summed E-state index contributed by atoms with van der Waals surface area (Å²) in [5, 5.41) is 3.01. The average molecular weight is 400 g/mol. The molecule has 1 amide bonds. The summed E-state index contributed by atoms with van der Waals surface area (Å²) >= 11 is 3.40. The molecule has 0 radical (unpaired) electrons. The van der Waals surface area contributed by atoms with Crippen molar-refractivity contribution in [3.63, 3.8) is 0 Å². The van der Waals surface area contributed by atoms with Gasteiger partial charge in [-0.05, 0) is 58.7 Å². The first-order valence-corrected chi connectivity index (χ1v) is 8.60. The lowest BCUT2D eigenvalue weighted by molar-refractivity contribution is 0.0940. The molecule has 5 nitrogen and oxygen atoms in total. The number of benzene rings is 2. The number of hydrogen-bond donors (Lipinski definition) is 1. The maximum atomic E-state index is 12.4. The highest BCUT2D eigenvalue weighted by Gasteiger charge is 2.13. The first kappa shape index (κ1) is 17.2. The van der Waals surface area contributed by atoms with E-state index in [1.165, 1.54) is 0 Å². The van der Waals surface area contributed by atoms with E-state index in [1.54, 1.807) is 37.8 Å². The molecule has 128 valence electrons. The summed E-state index contributed by atoms with van der Waals surface area (Å²) < 4.78 is 7.87. The molecule has 6 heteroatoms. The van der Waals surface area contributed by atoms with Crippen LogP contribution in [0.3, 0.4) is 0 Å². The lowest BCUT2D eigenvalue weighted by atomic mass is 10.1. The number of aromatic nitrogens is 2. The first-order chi connectivity index (χ1) is 12.1. The standard InChI is InChI=1S/C19H18BrN3O2/c1-13(14-3-6-16(7-4-14)23-10-9-21-12-23)22-19(24)15-5-8-18(25-2)17(20)11-15/h3-13H,1-2H3,(H,22,24)/t13-/m0/s1. The third-order valence-corrected chi connectivity index (χ3v) is 4.58. The zero-order valence-corrected chi connectivity index (χ0v) is 15.5. The van der Waals surface area contributed by atoms with E-state index in [1.807, 2.05) is 42.0 Å². The van der Waals surface area contributed by atoms with Crippen LogP contribution < -0.4 is 10.1 Å². The van der Waals surface area contributed by atoms with Gasteiger partial charge in [0, 0.05) is 23.6 Å². The predicted octanol–water partition coefficient (Wildman–Crippen LogP) is 4.13. The van der Waals surface area contributed by atoms with Crippen molar-refractivity contribution in [2.75, 3.05) is 7.11 Å². The minimum Gasteiger partial charge on any atom is -0.496 e. The van der Waals surface area contributed by atoms with Gasteiger partial charge in [-0.25, -0.2) is 4.98 Å². The van der Waals surface area contributed by atoms with Crippen molar-refractivity contribution in [1.82, 2.24) is 14.9 Å². The summed E-state index contributed by atoms with van der Waals surface area (Å²) in [6.45, 7) is 1.96. The largest absolute Gasteiger partial charge is 0.496 e. The number of amides is 1. The van der Waals surface area contributed by atoms with Crippen molar-refractivity contribution >= 4 is 21.8 Å². The highest BCUT2D eigenvalue weighted by Crippen LogP contribution is 2.26. The lowest BCUT2D eigenvalue weighted by Gasteiger charge is -2.15. The fourth-order valence-corrected chi connectivity index (χ4v) is 3.06. The fraction of sp³-hybridized carbons (Fsp3) is 0.158. The van der Waals surface area contributed by atoms with Crippen molar-refractivity contribution in [2.45, 2.75) is 13.0 Å². The van der Waals surface area contributed by atoms with Gasteiger partial charge in [0.2, 0.25) is 0 Å². The molecule has 0 aliphatic carbocycles. The van der Waals surface area contributed by atoms with E-state index < -0.39 is 0 Å². The highest BCUT2D eigenvalue weighted by atomic mass is 79.9. The topological polar surface area (TPSA) is 56.1 Å². The molecule has 0 saturated heterocycles. The van der Waals surface area contributed by atoms with Crippen LogP contribution in [0.4, 0.5) is 0 Å². The van der Waals surface area contributed by atoms with E-state index in [2.05, 4.69) is 26.2 Å². The molecule has 0 spiro atoms. The lowest BCUT2D eigenvalue weighted by Crippen LogP contribution is -2.26. The Morgan fingerprint density at radius 2 is 2.00 bits per heavy atom. The van der Waals surface area contributed by atoms with Gasteiger partial charge in [0.05, 0.1) is 24.0 Å². The summed E-state index contributed by atoms with van der Waals surface area (Å²) in [5.41, 5.74) is 2.64. The third-order valence-electron chi connectivity index (χ3n) is 3.96. The predicted molar refractivity (Wildman–Crippen MR) is 100 cm³/mol. The number of carbonyl (C=O) groups is 1. The molecule has 1 atom stereocenters. The van der Waals surface area contributed by atoms with Crippen LogP contribution in [-0.4, -0.2) is 22.6 Å². The van der Waals surface area contributed by atoms with Crippen LogP contribution in [-0.2, 0) is 0 Å². The highest BCUT2D eigenvalue weighted by molar-refractivity contribution is 9.10. The zero-order chi connectivity index (χ0) is 17.8. The van der Waals surface area contributed by atoms with E-state index >= 15 is 0 Å². The number of nitrogens with zero attached hydrogens (tertiary/aromatic N) is 2. The Morgan fingerprint density at radius 3 is 2.60 bits per heavy atom. The van der Waals surface area contributed by atoms with Crippen LogP contribution >= 0.6 is 15.9 Å². The molecular formula is C19H18BrN3O2. The summed E-state index contributed by atoms with van der Waals surface area (Å²) in [4.78, 5) is 16.5. The molecule has 1 N–H and O–H groups in total. The van der Waals surface area contributed by atoms with Gasteiger partial charge < -0.3 is 14.6 Å². The molecule has 25 heavy (non-hydrogen) atoms. The molecular weight excluding hydrogens is 382 g/mol. The Kier molecular flexibility index (Phi) is 5.19. The Bertz CT molecular complexity index is 861. The maximum Gasteiger partial charge on any atom is 0.251 e. The van der Waals surface area contributed by atoms with Crippen molar-refractivity contribution in [1.29, 1.82) is 0 Å². The second-order valence-electron chi connectivity index (χ2n) is 5.61. The van der Waals surface area contributed by atoms with Crippen LogP contribution in [0, 0.1) is 0 Å². The summed E-state index contributed by atoms with van der Waals surface area (Å²) in [6.07, 6.45) is 5.38. The van der Waals surface area contributed by atoms with Gasteiger partial charge in [-0.3, -0.25) is 4.79 Å². The number of nitrogens with one attached hydrogen (secondary N) is 1. The van der Waals surface area contributed by atoms with E-state index in [0.29, 0.717) is 11.3 Å². The van der Waals surface area contributed by atoms with Gasteiger partial charge in [-0.15, -0.1) is 0 Å². The Hall–Kier alpha value is -2.60. The monoisotopic (exact) mass is 399 g/mol. The molecule has 3 rings (SSSR count). The molecule has 0 saturated carbocycles. The van der Waals surface area contributed by atoms with Crippen molar-refractivity contribution < 1.29 is 9.53 Å². The fourth-order valence-electron chi connectivity index (χ4n) is 2.52. The number of imidazole rings is 1. The SMILES string of the molecule is COc1ccc(C(=O)N[C@@H](C)c2ccc(-n3ccnc3)cc2)cc1Br. The van der Waals surface area contributed by atoms with E-state index in [0.717, 1.165) is 15.7 Å². The molecule has 0 bridgehead atoms. The minimum absolute atomic E-state index is 0.106. The smallest absolute Gasteiger partial charge is 0.251 e. The van der Waals surface area contributed by atoms with Gasteiger partial charge in [0.15, 0.2) is 0 Å². The Balaban J connectivity index is 1.70. The third kappa shape index (κ3) is 3.91. The van der Waals surface area contributed by atoms with Crippen LogP contribution in [0.2, 0.25) is 0 Å². The van der Waals surface area contributed by atoms with E-state index in [-0.39, 0.29) is 11.9 Å². The van der Waals surface area contributed by atoms with Crippen molar-refractivity contribution in [2.24, 2.45) is 0 Å². The zero-order valence-electron chi connectivity index (χ0n) is 13.9. The van der Waals surface area contributed by atoms with Crippen molar-refractivity contribution in [3.8, 4) is 11.4 Å². The molecule has 0 aliphatic rings. The van der Waals surface area contributed by atoms with Gasteiger partial charge in [0.1, 0.15) is 5.75 Å². The van der Waals surface area contributed by atoms with Crippen LogP contribution in [0.5, 0.6) is 5.75 Å². The molecule has 0 unspecified atom stereocenters. The number of methoxy groups -OCH3 is 1. The number of carbonyl (C=O) groups excluding carboxylic acids is 1. The van der Waals surface area contributed by atoms with Crippen LogP contribution in [0.1, 0.15) is 28.9 Å². The maximum absolute atomic E-state index is 12.4. The molecule has 3 aromatic rings. The second-order valence-corrected chi connectivity index (χ2v) is 6.46. The minimum atomic E-state index is -0.130. The van der Waals surface area contributed by atoms with Gasteiger partial charge >= 0.3 is 0 Å². The number of ether oxygens (including phenoxy) is 1. The van der Waals surface area contributed by atoms with Crippen LogP contribution in [0.15, 0.2) is 65.7 Å². The second kappa shape index (κ2) is 7.53. The quantitative estimate of drug-likeness (QED) is 0.701. The first-order valence-electron chi connectivity index (χ1n) is 7.81. The van der Waals surface area contributed by atoms with Crippen molar-refractivity contribution in [3.05, 3.63) is 76.8 Å². The molecule has 0 aliphatic heterocycles. The summed E-state index contributed by atoms with van der Waals surface area (Å²) in [5.74, 6) is 0.564. The van der Waals surface area contributed by atoms with E-state index in [9.17, 15) is 4.79 Å². The Labute approximate surface area is 154 Å². The average Bonchev–Trinajstić information content (AvgIpc) is 3.16. The normalized spacial score (nSPS) is 11.8. The molecule has 1 heterocycles.